The molecular formula is C16H24Cl2N2. The molecule has 2 unspecified atom stereocenters. The molecule has 1 aromatic carbocycles. The molecule has 112 valence electrons. The summed E-state index contributed by atoms with van der Waals surface area (Å²) in [4.78, 5) is 2.55. The Morgan fingerprint density at radius 3 is 2.70 bits per heavy atom. The van der Waals surface area contributed by atoms with E-state index >= 15 is 0 Å². The van der Waals surface area contributed by atoms with E-state index in [0.717, 1.165) is 19.6 Å². The van der Waals surface area contributed by atoms with Gasteiger partial charge in [-0.2, -0.15) is 0 Å². The van der Waals surface area contributed by atoms with Crippen molar-refractivity contribution in [2.24, 2.45) is 5.92 Å². The Kier molecular flexibility index (Phi) is 5.74. The van der Waals surface area contributed by atoms with Gasteiger partial charge in [0.15, 0.2) is 0 Å². The normalized spacial score (nSPS) is 24.9. The van der Waals surface area contributed by atoms with E-state index in [9.17, 15) is 0 Å². The molecule has 1 aliphatic rings. The summed E-state index contributed by atoms with van der Waals surface area (Å²) in [5.74, 6) is 0.650. The first-order valence-corrected chi connectivity index (χ1v) is 8.14. The minimum Gasteiger partial charge on any atom is -0.312 e. The second kappa shape index (κ2) is 7.13. The average Bonchev–Trinajstić information content (AvgIpc) is 2.57. The second-order valence-electron chi connectivity index (χ2n) is 6.12. The van der Waals surface area contributed by atoms with Crippen molar-refractivity contribution >= 4 is 23.2 Å². The van der Waals surface area contributed by atoms with Crippen molar-refractivity contribution in [3.63, 3.8) is 0 Å². The molecule has 2 nitrogen and oxygen atoms in total. The van der Waals surface area contributed by atoms with Crippen molar-refractivity contribution in [1.29, 1.82) is 0 Å². The molecule has 0 aromatic heterocycles. The fraction of sp³-hybridized carbons (Fsp3) is 0.625. The Labute approximate surface area is 132 Å². The van der Waals surface area contributed by atoms with Crippen molar-refractivity contribution in [3.8, 4) is 0 Å². The third-order valence-corrected chi connectivity index (χ3v) is 4.94. The SMILES string of the molecule is CC(C)C1CN(Cc2ccc(Cl)c(Cl)c2)C(C)CCN1. The van der Waals surface area contributed by atoms with Crippen LogP contribution in [-0.2, 0) is 6.54 Å². The lowest BCUT2D eigenvalue weighted by atomic mass is 10.0. The minimum absolute atomic E-state index is 0.558. The highest BCUT2D eigenvalue weighted by Crippen LogP contribution is 2.24. The Morgan fingerprint density at radius 2 is 2.05 bits per heavy atom. The highest BCUT2D eigenvalue weighted by atomic mass is 35.5. The maximum atomic E-state index is 6.12. The van der Waals surface area contributed by atoms with E-state index in [0.29, 0.717) is 28.0 Å². The monoisotopic (exact) mass is 314 g/mol. The van der Waals surface area contributed by atoms with Crippen LogP contribution in [0.2, 0.25) is 10.0 Å². The summed E-state index contributed by atoms with van der Waals surface area (Å²) >= 11 is 12.1. The lowest BCUT2D eigenvalue weighted by Gasteiger charge is -2.30. The first-order chi connectivity index (χ1) is 9.47. The smallest absolute Gasteiger partial charge is 0.0595 e. The molecule has 0 saturated carbocycles. The summed E-state index contributed by atoms with van der Waals surface area (Å²) < 4.78 is 0. The van der Waals surface area contributed by atoms with Gasteiger partial charge in [-0.05, 0) is 43.5 Å². The number of nitrogens with zero attached hydrogens (tertiary/aromatic N) is 1. The third kappa shape index (κ3) is 4.11. The first kappa shape index (κ1) is 16.1. The summed E-state index contributed by atoms with van der Waals surface area (Å²) in [6.07, 6.45) is 1.19. The van der Waals surface area contributed by atoms with Gasteiger partial charge in [0.1, 0.15) is 0 Å². The van der Waals surface area contributed by atoms with Crippen molar-refractivity contribution in [2.75, 3.05) is 13.1 Å². The number of hydrogen-bond donors (Lipinski definition) is 1. The molecule has 1 fully saturated rings. The summed E-state index contributed by atoms with van der Waals surface area (Å²) in [5.41, 5.74) is 1.23. The molecular weight excluding hydrogens is 291 g/mol. The molecule has 20 heavy (non-hydrogen) atoms. The van der Waals surface area contributed by atoms with Crippen molar-refractivity contribution in [1.82, 2.24) is 10.2 Å². The fourth-order valence-corrected chi connectivity index (χ4v) is 3.02. The minimum atomic E-state index is 0.558. The Balaban J connectivity index is 2.09. The maximum Gasteiger partial charge on any atom is 0.0595 e. The summed E-state index contributed by atoms with van der Waals surface area (Å²) in [5, 5.41) is 4.93. The number of benzene rings is 1. The van der Waals surface area contributed by atoms with Gasteiger partial charge in [-0.1, -0.05) is 43.1 Å². The molecule has 0 spiro atoms. The van der Waals surface area contributed by atoms with Crippen LogP contribution in [0.4, 0.5) is 0 Å². The zero-order chi connectivity index (χ0) is 14.7. The quantitative estimate of drug-likeness (QED) is 0.899. The van der Waals surface area contributed by atoms with Crippen molar-refractivity contribution < 1.29 is 0 Å². The topological polar surface area (TPSA) is 15.3 Å². The zero-order valence-electron chi connectivity index (χ0n) is 12.5. The predicted octanol–water partition coefficient (Wildman–Crippen LogP) is 4.20. The van der Waals surface area contributed by atoms with Gasteiger partial charge in [-0.25, -0.2) is 0 Å². The van der Waals surface area contributed by atoms with Gasteiger partial charge in [0.05, 0.1) is 10.0 Å². The maximum absolute atomic E-state index is 6.12. The standard InChI is InChI=1S/C16H24Cl2N2/c1-11(2)16-10-20(12(3)6-7-19-16)9-13-4-5-14(17)15(18)8-13/h4-5,8,11-12,16,19H,6-7,9-10H2,1-3H3. The van der Waals surface area contributed by atoms with Gasteiger partial charge in [-0.3, -0.25) is 4.90 Å². The van der Waals surface area contributed by atoms with Gasteiger partial charge in [0.2, 0.25) is 0 Å². The van der Waals surface area contributed by atoms with E-state index in [-0.39, 0.29) is 0 Å². The summed E-state index contributed by atoms with van der Waals surface area (Å²) in [7, 11) is 0. The van der Waals surface area contributed by atoms with Crippen LogP contribution in [-0.4, -0.2) is 30.1 Å². The lowest BCUT2D eigenvalue weighted by Crippen LogP contribution is -2.42. The van der Waals surface area contributed by atoms with Crippen molar-refractivity contribution in [2.45, 2.75) is 45.8 Å². The number of nitrogens with one attached hydrogen (secondary N) is 1. The van der Waals surface area contributed by atoms with E-state index < -0.39 is 0 Å². The van der Waals surface area contributed by atoms with Crippen LogP contribution in [0, 0.1) is 5.92 Å². The van der Waals surface area contributed by atoms with E-state index in [2.05, 4.69) is 37.1 Å². The molecule has 1 aliphatic heterocycles. The van der Waals surface area contributed by atoms with Crippen LogP contribution in [0.25, 0.3) is 0 Å². The molecule has 2 atom stereocenters. The van der Waals surface area contributed by atoms with Crippen LogP contribution in [0.1, 0.15) is 32.8 Å². The Morgan fingerprint density at radius 1 is 1.30 bits per heavy atom. The van der Waals surface area contributed by atoms with E-state index in [1.54, 1.807) is 0 Å². The summed E-state index contributed by atoms with van der Waals surface area (Å²) in [6, 6.07) is 7.09. The second-order valence-corrected chi connectivity index (χ2v) is 6.93. The highest BCUT2D eigenvalue weighted by molar-refractivity contribution is 6.42. The zero-order valence-corrected chi connectivity index (χ0v) is 14.0. The molecule has 4 heteroatoms. The van der Waals surface area contributed by atoms with Crippen molar-refractivity contribution in [3.05, 3.63) is 33.8 Å². The predicted molar refractivity (Wildman–Crippen MR) is 87.6 cm³/mol. The van der Waals surface area contributed by atoms with Gasteiger partial charge in [0, 0.05) is 25.2 Å². The highest BCUT2D eigenvalue weighted by Gasteiger charge is 2.24. The van der Waals surface area contributed by atoms with E-state index in [1.165, 1.54) is 12.0 Å². The van der Waals surface area contributed by atoms with Gasteiger partial charge >= 0.3 is 0 Å². The molecule has 1 saturated heterocycles. The number of rotatable bonds is 3. The van der Waals surface area contributed by atoms with Gasteiger partial charge in [0.25, 0.3) is 0 Å². The molecule has 1 aromatic rings. The molecule has 0 bridgehead atoms. The average molecular weight is 315 g/mol. The number of halogens is 2. The number of hydrogen-bond acceptors (Lipinski definition) is 2. The van der Waals surface area contributed by atoms with Crippen LogP contribution in [0.15, 0.2) is 18.2 Å². The fourth-order valence-electron chi connectivity index (χ4n) is 2.70. The Hall–Kier alpha value is -0.280. The van der Waals surface area contributed by atoms with Crippen LogP contribution in [0.5, 0.6) is 0 Å². The molecule has 0 aliphatic carbocycles. The first-order valence-electron chi connectivity index (χ1n) is 7.38. The van der Waals surface area contributed by atoms with Crippen LogP contribution in [0.3, 0.4) is 0 Å². The van der Waals surface area contributed by atoms with Crippen LogP contribution >= 0.6 is 23.2 Å². The molecule has 1 heterocycles. The molecule has 2 rings (SSSR count). The van der Waals surface area contributed by atoms with Crippen LogP contribution < -0.4 is 5.32 Å². The molecule has 0 radical (unpaired) electrons. The summed E-state index contributed by atoms with van der Waals surface area (Å²) in [6.45, 7) is 9.99. The largest absolute Gasteiger partial charge is 0.312 e. The molecule has 0 amide bonds. The molecule has 1 N–H and O–H groups in total. The lowest BCUT2D eigenvalue weighted by molar-refractivity contribution is 0.184. The Bertz CT molecular complexity index is 448. The van der Waals surface area contributed by atoms with Gasteiger partial charge in [-0.15, -0.1) is 0 Å². The van der Waals surface area contributed by atoms with E-state index in [4.69, 9.17) is 23.2 Å². The van der Waals surface area contributed by atoms with E-state index in [1.807, 2.05) is 12.1 Å². The van der Waals surface area contributed by atoms with Gasteiger partial charge < -0.3 is 5.32 Å². The third-order valence-electron chi connectivity index (χ3n) is 4.20.